The van der Waals surface area contributed by atoms with Crippen LogP contribution in [0.3, 0.4) is 0 Å². The summed E-state index contributed by atoms with van der Waals surface area (Å²) in [6, 6.07) is 7.03. The zero-order valence-corrected chi connectivity index (χ0v) is 8.46. The van der Waals surface area contributed by atoms with Gasteiger partial charge in [0.15, 0.2) is 11.6 Å². The summed E-state index contributed by atoms with van der Waals surface area (Å²) in [6.45, 7) is 0.270. The van der Waals surface area contributed by atoms with Crippen LogP contribution in [-0.4, -0.2) is 19.7 Å². The average molecular weight is 211 g/mol. The van der Waals surface area contributed by atoms with Crippen LogP contribution in [0.1, 0.15) is 12.8 Å². The molecule has 0 aliphatic carbocycles. The van der Waals surface area contributed by atoms with Crippen LogP contribution in [0.4, 0.5) is 4.39 Å². The zero-order chi connectivity index (χ0) is 11.1. The van der Waals surface area contributed by atoms with Gasteiger partial charge in [-0.25, -0.2) is 4.39 Å². The molecule has 0 spiro atoms. The Kier molecular flexibility index (Phi) is 4.60. The average Bonchev–Trinajstić information content (AvgIpc) is 2.26. The summed E-state index contributed by atoms with van der Waals surface area (Å²) in [5, 5.41) is 0. The van der Waals surface area contributed by atoms with Gasteiger partial charge in [-0.15, -0.1) is 0 Å². The van der Waals surface area contributed by atoms with Crippen LogP contribution >= 0.6 is 0 Å². The summed E-state index contributed by atoms with van der Waals surface area (Å²) in [4.78, 5) is 10.7. The van der Waals surface area contributed by atoms with E-state index in [0.29, 0.717) is 6.42 Å². The molecule has 0 atom stereocenters. The van der Waals surface area contributed by atoms with Crippen LogP contribution in [0, 0.1) is 11.9 Å². The lowest BCUT2D eigenvalue weighted by Crippen LogP contribution is -2.05. The summed E-state index contributed by atoms with van der Waals surface area (Å²) < 4.78 is 22.5. The normalized spacial score (nSPS) is 9.73. The molecule has 0 aliphatic heterocycles. The van der Waals surface area contributed by atoms with E-state index in [1.165, 1.54) is 19.2 Å². The third-order valence-electron chi connectivity index (χ3n) is 1.77. The molecule has 0 aromatic heterocycles. The minimum atomic E-state index is -0.449. The van der Waals surface area contributed by atoms with E-state index in [2.05, 4.69) is 10.8 Å². The molecule has 1 aromatic carbocycles. The van der Waals surface area contributed by atoms with Gasteiger partial charge in [0.1, 0.15) is 0 Å². The first kappa shape index (κ1) is 11.5. The Bertz CT molecular complexity index is 325. The van der Waals surface area contributed by atoms with Crippen LogP contribution in [0.5, 0.6) is 5.75 Å². The first-order valence-corrected chi connectivity index (χ1v) is 4.60. The number of rotatable bonds is 5. The number of hydrogen-bond acceptors (Lipinski definition) is 3. The van der Waals surface area contributed by atoms with Gasteiger partial charge in [-0.3, -0.25) is 4.79 Å². The number of esters is 1. The fourth-order valence-electron chi connectivity index (χ4n) is 1.00. The standard InChI is InChI=1S/C11H12FO3/c1-14-11(13)7-4-8-15-10-6-3-2-5-9(10)12/h2-3,5H,4,7-8H2,1H3. The molecule has 0 amide bonds. The fourth-order valence-corrected chi connectivity index (χ4v) is 1.00. The predicted molar refractivity (Wildman–Crippen MR) is 52.0 cm³/mol. The molecule has 0 saturated heterocycles. The predicted octanol–water partition coefficient (Wildman–Crippen LogP) is 1.96. The summed E-state index contributed by atoms with van der Waals surface area (Å²) in [7, 11) is 1.33. The Morgan fingerprint density at radius 3 is 3.07 bits per heavy atom. The van der Waals surface area contributed by atoms with E-state index in [9.17, 15) is 9.18 Å². The molecule has 15 heavy (non-hydrogen) atoms. The molecule has 1 aromatic rings. The van der Waals surface area contributed by atoms with Crippen molar-refractivity contribution in [1.82, 2.24) is 0 Å². The summed E-state index contributed by atoms with van der Waals surface area (Å²) in [5.41, 5.74) is 0. The van der Waals surface area contributed by atoms with Crippen LogP contribution in [0.25, 0.3) is 0 Å². The lowest BCUT2D eigenvalue weighted by atomic mass is 10.3. The van der Waals surface area contributed by atoms with Crippen molar-refractivity contribution in [3.8, 4) is 5.75 Å². The van der Waals surface area contributed by atoms with Crippen molar-refractivity contribution in [2.45, 2.75) is 12.8 Å². The number of carbonyl (C=O) groups is 1. The molecule has 1 radical (unpaired) electrons. The van der Waals surface area contributed by atoms with Gasteiger partial charge in [0.25, 0.3) is 0 Å². The maximum absolute atomic E-state index is 13.0. The first-order chi connectivity index (χ1) is 7.24. The molecule has 0 fully saturated rings. The van der Waals surface area contributed by atoms with Crippen LogP contribution in [0.2, 0.25) is 0 Å². The highest BCUT2D eigenvalue weighted by atomic mass is 19.1. The van der Waals surface area contributed by atoms with E-state index in [1.807, 2.05) is 0 Å². The summed E-state index contributed by atoms with van der Waals surface area (Å²) in [6.07, 6.45) is 0.764. The molecule has 81 valence electrons. The van der Waals surface area contributed by atoms with Gasteiger partial charge in [-0.1, -0.05) is 12.1 Å². The van der Waals surface area contributed by atoms with E-state index in [1.54, 1.807) is 6.07 Å². The molecular formula is C11H12FO3. The number of halogens is 1. The highest BCUT2D eigenvalue weighted by Crippen LogP contribution is 2.14. The molecular weight excluding hydrogens is 199 g/mol. The van der Waals surface area contributed by atoms with Gasteiger partial charge in [0, 0.05) is 12.5 Å². The van der Waals surface area contributed by atoms with E-state index < -0.39 is 5.82 Å². The molecule has 0 N–H and O–H groups in total. The van der Waals surface area contributed by atoms with Gasteiger partial charge in [0.05, 0.1) is 13.7 Å². The molecule has 0 bridgehead atoms. The Labute approximate surface area is 87.8 Å². The SMILES string of the molecule is COC(=O)CCCOc1[c]cccc1F. The fraction of sp³-hybridized carbons (Fsp3) is 0.364. The van der Waals surface area contributed by atoms with Crippen molar-refractivity contribution < 1.29 is 18.7 Å². The second-order valence-corrected chi connectivity index (χ2v) is 2.88. The van der Waals surface area contributed by atoms with Gasteiger partial charge < -0.3 is 9.47 Å². The van der Waals surface area contributed by atoms with Crippen LogP contribution in [-0.2, 0) is 9.53 Å². The second-order valence-electron chi connectivity index (χ2n) is 2.88. The largest absolute Gasteiger partial charge is 0.490 e. The number of carbonyl (C=O) groups excluding carboxylic acids is 1. The van der Waals surface area contributed by atoms with Gasteiger partial charge in [0.2, 0.25) is 0 Å². The number of benzene rings is 1. The lowest BCUT2D eigenvalue weighted by Gasteiger charge is -2.05. The van der Waals surface area contributed by atoms with E-state index in [-0.39, 0.29) is 24.7 Å². The third kappa shape index (κ3) is 3.97. The molecule has 0 unspecified atom stereocenters. The highest BCUT2D eigenvalue weighted by molar-refractivity contribution is 5.68. The molecule has 0 heterocycles. The third-order valence-corrected chi connectivity index (χ3v) is 1.77. The number of ether oxygens (including phenoxy) is 2. The molecule has 3 nitrogen and oxygen atoms in total. The first-order valence-electron chi connectivity index (χ1n) is 4.60. The topological polar surface area (TPSA) is 35.5 Å². The van der Waals surface area contributed by atoms with Gasteiger partial charge in [-0.2, -0.15) is 0 Å². The number of hydrogen-bond donors (Lipinski definition) is 0. The zero-order valence-electron chi connectivity index (χ0n) is 8.46. The second kappa shape index (κ2) is 6.01. The highest BCUT2D eigenvalue weighted by Gasteiger charge is 2.03. The summed E-state index contributed by atoms with van der Waals surface area (Å²) in [5.74, 6) is -0.658. The molecule has 0 aliphatic rings. The van der Waals surface area contributed by atoms with E-state index in [4.69, 9.17) is 4.74 Å². The quantitative estimate of drug-likeness (QED) is 0.551. The molecule has 1 rings (SSSR count). The van der Waals surface area contributed by atoms with Crippen molar-refractivity contribution in [3.63, 3.8) is 0 Å². The van der Waals surface area contributed by atoms with Crippen molar-refractivity contribution in [2.75, 3.05) is 13.7 Å². The number of para-hydroxylation sites is 1. The minimum absolute atomic E-state index is 0.0855. The Hall–Kier alpha value is -1.58. The molecule has 0 saturated carbocycles. The van der Waals surface area contributed by atoms with E-state index >= 15 is 0 Å². The minimum Gasteiger partial charge on any atom is -0.490 e. The van der Waals surface area contributed by atoms with Crippen molar-refractivity contribution >= 4 is 5.97 Å². The summed E-state index contributed by atoms with van der Waals surface area (Å²) >= 11 is 0. The lowest BCUT2D eigenvalue weighted by molar-refractivity contribution is -0.140. The maximum atomic E-state index is 13.0. The van der Waals surface area contributed by atoms with Gasteiger partial charge in [-0.05, 0) is 12.5 Å². The van der Waals surface area contributed by atoms with Crippen molar-refractivity contribution in [1.29, 1.82) is 0 Å². The Morgan fingerprint density at radius 1 is 1.60 bits per heavy atom. The monoisotopic (exact) mass is 211 g/mol. The maximum Gasteiger partial charge on any atom is 0.305 e. The molecule has 4 heteroatoms. The van der Waals surface area contributed by atoms with Crippen molar-refractivity contribution in [2.24, 2.45) is 0 Å². The van der Waals surface area contributed by atoms with E-state index in [0.717, 1.165) is 0 Å². The Balaban J connectivity index is 2.26. The van der Waals surface area contributed by atoms with Gasteiger partial charge >= 0.3 is 5.97 Å². The van der Waals surface area contributed by atoms with Crippen LogP contribution < -0.4 is 4.74 Å². The number of methoxy groups -OCH3 is 1. The van der Waals surface area contributed by atoms with Crippen molar-refractivity contribution in [3.05, 3.63) is 30.1 Å². The van der Waals surface area contributed by atoms with Crippen LogP contribution in [0.15, 0.2) is 18.2 Å². The Morgan fingerprint density at radius 2 is 2.40 bits per heavy atom. The smallest absolute Gasteiger partial charge is 0.305 e.